The van der Waals surface area contributed by atoms with Crippen molar-refractivity contribution in [2.75, 3.05) is 13.1 Å². The van der Waals surface area contributed by atoms with Crippen LogP contribution in [0.5, 0.6) is 0 Å². The van der Waals surface area contributed by atoms with Crippen molar-refractivity contribution < 1.29 is 4.79 Å². The Hall–Kier alpha value is -1.77. The van der Waals surface area contributed by atoms with Gasteiger partial charge in [-0.25, -0.2) is 4.79 Å². The lowest BCUT2D eigenvalue weighted by Gasteiger charge is -2.18. The molecule has 1 aliphatic carbocycles. The summed E-state index contributed by atoms with van der Waals surface area (Å²) in [4.78, 5) is 11.7. The molecular weight excluding hydrogens is 248 g/mol. The lowest BCUT2D eigenvalue weighted by molar-refractivity contribution is 0.238. The molecule has 0 aromatic heterocycles. The molecule has 20 heavy (non-hydrogen) atoms. The molecule has 0 fully saturated rings. The second-order valence-electron chi connectivity index (χ2n) is 5.53. The maximum Gasteiger partial charge on any atom is 0.314 e. The van der Waals surface area contributed by atoms with Crippen LogP contribution in [0, 0.1) is 12.8 Å². The van der Waals surface area contributed by atoms with E-state index in [9.17, 15) is 4.79 Å². The van der Waals surface area contributed by atoms with Crippen LogP contribution in [-0.2, 0) is 6.42 Å². The first-order valence-corrected chi connectivity index (χ1v) is 7.46. The molecule has 0 saturated carbocycles. The van der Waals surface area contributed by atoms with Crippen LogP contribution in [0.25, 0.3) is 0 Å². The van der Waals surface area contributed by atoms with Crippen LogP contribution in [-0.4, -0.2) is 19.1 Å². The molecule has 1 atom stereocenters. The van der Waals surface area contributed by atoms with Gasteiger partial charge in [0.2, 0.25) is 0 Å². The zero-order chi connectivity index (χ0) is 14.2. The fraction of sp³-hybridized carbons (Fsp3) is 0.471. The minimum Gasteiger partial charge on any atom is -0.338 e. The first-order valence-electron chi connectivity index (χ1n) is 7.46. The highest BCUT2D eigenvalue weighted by Crippen LogP contribution is 2.16. The van der Waals surface area contributed by atoms with Gasteiger partial charge in [0.15, 0.2) is 0 Å². The SMILES string of the molecule is Cc1cccc(CCNC(=O)NCC2CC=CCC2)c1. The van der Waals surface area contributed by atoms with E-state index < -0.39 is 0 Å². The van der Waals surface area contributed by atoms with E-state index in [2.05, 4.69) is 54.0 Å². The number of urea groups is 1. The zero-order valence-corrected chi connectivity index (χ0v) is 12.2. The standard InChI is InChI=1S/C17H24N2O/c1-14-6-5-9-15(12-14)10-11-18-17(20)19-13-16-7-3-2-4-8-16/h2-3,5-6,9,12,16H,4,7-8,10-11,13H2,1H3,(H2,18,19,20). The van der Waals surface area contributed by atoms with E-state index >= 15 is 0 Å². The van der Waals surface area contributed by atoms with Crippen molar-refractivity contribution in [1.29, 1.82) is 0 Å². The summed E-state index contributed by atoms with van der Waals surface area (Å²) < 4.78 is 0. The predicted octanol–water partition coefficient (Wildman–Crippen LogP) is 3.19. The van der Waals surface area contributed by atoms with Crippen LogP contribution in [0.2, 0.25) is 0 Å². The maximum absolute atomic E-state index is 11.7. The molecule has 2 rings (SSSR count). The fourth-order valence-electron chi connectivity index (χ4n) is 2.53. The lowest BCUT2D eigenvalue weighted by Crippen LogP contribution is -2.39. The average Bonchev–Trinajstić information content (AvgIpc) is 2.46. The average molecular weight is 272 g/mol. The molecule has 3 nitrogen and oxygen atoms in total. The molecule has 1 aromatic carbocycles. The summed E-state index contributed by atoms with van der Waals surface area (Å²) in [7, 11) is 0. The van der Waals surface area contributed by atoms with Gasteiger partial charge in [-0.05, 0) is 44.1 Å². The number of allylic oxidation sites excluding steroid dienone is 2. The summed E-state index contributed by atoms with van der Waals surface area (Å²) in [5.74, 6) is 0.600. The number of nitrogens with one attached hydrogen (secondary N) is 2. The van der Waals surface area contributed by atoms with Gasteiger partial charge >= 0.3 is 6.03 Å². The summed E-state index contributed by atoms with van der Waals surface area (Å²) in [6, 6.07) is 8.35. The predicted molar refractivity (Wildman–Crippen MR) is 82.8 cm³/mol. The zero-order valence-electron chi connectivity index (χ0n) is 12.2. The third-order valence-corrected chi connectivity index (χ3v) is 3.71. The van der Waals surface area contributed by atoms with E-state index in [0.29, 0.717) is 12.5 Å². The van der Waals surface area contributed by atoms with Crippen LogP contribution in [0.1, 0.15) is 30.4 Å². The molecule has 0 heterocycles. The minimum absolute atomic E-state index is 0.0489. The Balaban J connectivity index is 1.61. The van der Waals surface area contributed by atoms with Gasteiger partial charge in [-0.2, -0.15) is 0 Å². The first kappa shape index (κ1) is 14.6. The van der Waals surface area contributed by atoms with E-state index in [1.165, 1.54) is 17.5 Å². The first-order chi connectivity index (χ1) is 9.74. The molecule has 2 amide bonds. The van der Waals surface area contributed by atoms with Crippen molar-refractivity contribution >= 4 is 6.03 Å². The van der Waals surface area contributed by atoms with Gasteiger partial charge in [0.1, 0.15) is 0 Å². The Labute approximate surface area is 121 Å². The molecule has 1 aliphatic rings. The highest BCUT2D eigenvalue weighted by atomic mass is 16.2. The Morgan fingerprint density at radius 1 is 1.30 bits per heavy atom. The second-order valence-corrected chi connectivity index (χ2v) is 5.53. The van der Waals surface area contributed by atoms with E-state index in [4.69, 9.17) is 0 Å². The molecule has 1 unspecified atom stereocenters. The molecule has 3 heteroatoms. The van der Waals surface area contributed by atoms with Crippen molar-refractivity contribution in [3.63, 3.8) is 0 Å². The molecule has 0 radical (unpaired) electrons. The third-order valence-electron chi connectivity index (χ3n) is 3.71. The molecule has 2 N–H and O–H groups in total. The topological polar surface area (TPSA) is 41.1 Å². The third kappa shape index (κ3) is 5.08. The van der Waals surface area contributed by atoms with Crippen molar-refractivity contribution in [3.8, 4) is 0 Å². The molecule has 0 spiro atoms. The van der Waals surface area contributed by atoms with Crippen molar-refractivity contribution in [1.82, 2.24) is 10.6 Å². The number of benzene rings is 1. The van der Waals surface area contributed by atoms with Crippen LogP contribution in [0.4, 0.5) is 4.79 Å². The Morgan fingerprint density at radius 3 is 2.95 bits per heavy atom. The highest BCUT2D eigenvalue weighted by molar-refractivity contribution is 5.73. The van der Waals surface area contributed by atoms with Crippen LogP contribution in [0.3, 0.4) is 0 Å². The van der Waals surface area contributed by atoms with Gasteiger partial charge in [-0.3, -0.25) is 0 Å². The molecular formula is C17H24N2O. The van der Waals surface area contributed by atoms with Gasteiger partial charge in [0.05, 0.1) is 0 Å². The van der Waals surface area contributed by atoms with Gasteiger partial charge in [0.25, 0.3) is 0 Å². The van der Waals surface area contributed by atoms with Crippen LogP contribution < -0.4 is 10.6 Å². The smallest absolute Gasteiger partial charge is 0.314 e. The normalized spacial score (nSPS) is 17.8. The summed E-state index contributed by atoms with van der Waals surface area (Å²) >= 11 is 0. The maximum atomic E-state index is 11.7. The Kier molecular flexibility index (Phi) is 5.66. The van der Waals surface area contributed by atoms with Gasteiger partial charge in [-0.15, -0.1) is 0 Å². The number of aryl methyl sites for hydroxylation is 1. The number of carbonyl (C=O) groups excluding carboxylic acids is 1. The number of hydrogen-bond donors (Lipinski definition) is 2. The van der Waals surface area contributed by atoms with Gasteiger partial charge in [-0.1, -0.05) is 42.0 Å². The van der Waals surface area contributed by atoms with Crippen molar-refractivity contribution in [2.24, 2.45) is 5.92 Å². The summed E-state index contributed by atoms with van der Waals surface area (Å²) in [5.41, 5.74) is 2.53. The Bertz CT molecular complexity index is 468. The van der Waals surface area contributed by atoms with Crippen LogP contribution >= 0.6 is 0 Å². The van der Waals surface area contributed by atoms with E-state index in [0.717, 1.165) is 25.8 Å². The molecule has 108 valence electrons. The van der Waals surface area contributed by atoms with Crippen molar-refractivity contribution in [2.45, 2.75) is 32.6 Å². The number of hydrogen-bond acceptors (Lipinski definition) is 1. The Morgan fingerprint density at radius 2 is 2.20 bits per heavy atom. The molecule has 0 saturated heterocycles. The van der Waals surface area contributed by atoms with E-state index in [1.54, 1.807) is 0 Å². The quantitative estimate of drug-likeness (QED) is 0.794. The second kappa shape index (κ2) is 7.73. The van der Waals surface area contributed by atoms with E-state index in [-0.39, 0.29) is 6.03 Å². The van der Waals surface area contributed by atoms with E-state index in [1.807, 2.05) is 0 Å². The minimum atomic E-state index is -0.0489. The summed E-state index contributed by atoms with van der Waals surface area (Å²) in [6.45, 7) is 3.54. The van der Waals surface area contributed by atoms with Crippen molar-refractivity contribution in [3.05, 3.63) is 47.5 Å². The molecule has 1 aromatic rings. The monoisotopic (exact) mass is 272 g/mol. The summed E-state index contributed by atoms with van der Waals surface area (Å²) in [6.07, 6.45) is 8.72. The largest absolute Gasteiger partial charge is 0.338 e. The summed E-state index contributed by atoms with van der Waals surface area (Å²) in [5, 5.41) is 5.89. The molecule has 0 bridgehead atoms. The number of carbonyl (C=O) groups is 1. The fourth-order valence-corrected chi connectivity index (χ4v) is 2.53. The van der Waals surface area contributed by atoms with Crippen LogP contribution in [0.15, 0.2) is 36.4 Å². The molecule has 0 aliphatic heterocycles. The number of amides is 2. The van der Waals surface area contributed by atoms with Gasteiger partial charge in [0, 0.05) is 13.1 Å². The van der Waals surface area contributed by atoms with Gasteiger partial charge < -0.3 is 10.6 Å². The highest BCUT2D eigenvalue weighted by Gasteiger charge is 2.10. The number of rotatable bonds is 5. The lowest BCUT2D eigenvalue weighted by atomic mass is 9.94.